The maximum atomic E-state index is 12.3. The van der Waals surface area contributed by atoms with Crippen LogP contribution < -0.4 is 5.35 Å². The van der Waals surface area contributed by atoms with Crippen LogP contribution in [0.25, 0.3) is 38.5 Å². The average Bonchev–Trinajstić information content (AvgIpc) is 3.79. The fourth-order valence-electron chi connectivity index (χ4n) is 8.84. The number of thioether (sulfide) groups is 1. The van der Waals surface area contributed by atoms with Crippen LogP contribution in [0, 0.1) is 18.8 Å². The first kappa shape index (κ1) is 33.7. The van der Waals surface area contributed by atoms with Crippen LogP contribution in [-0.4, -0.2) is 53.2 Å². The summed E-state index contributed by atoms with van der Waals surface area (Å²) >= 11 is 1.77. The summed E-state index contributed by atoms with van der Waals surface area (Å²) in [5.41, 5.74) is 8.61. The molecule has 4 aromatic carbocycles. The second-order valence-electron chi connectivity index (χ2n) is 13.6. The average molecular weight is 718 g/mol. The fourth-order valence-corrected chi connectivity index (χ4v) is 10.7. The summed E-state index contributed by atoms with van der Waals surface area (Å²) in [6, 6.07) is 20.0. The van der Waals surface area contributed by atoms with E-state index < -0.39 is 10.1 Å². The smallest absolute Gasteiger partial charge is 0.295 e. The van der Waals surface area contributed by atoms with Gasteiger partial charge in [-0.2, -0.15) is 13.0 Å². The Morgan fingerprint density at radius 2 is 1.73 bits per heavy atom. The van der Waals surface area contributed by atoms with Crippen molar-refractivity contribution >= 4 is 78.3 Å². The van der Waals surface area contributed by atoms with Gasteiger partial charge >= 0.3 is 0 Å². The van der Waals surface area contributed by atoms with Gasteiger partial charge in [-0.15, -0.1) is 11.8 Å². The van der Waals surface area contributed by atoms with Crippen molar-refractivity contribution < 1.29 is 27.1 Å². The minimum absolute atomic E-state index is 0.0742. The lowest BCUT2D eigenvalue weighted by Gasteiger charge is -2.27. The summed E-state index contributed by atoms with van der Waals surface area (Å²) in [6.45, 7) is 8.91. The zero-order valence-electron chi connectivity index (χ0n) is 29.1. The van der Waals surface area contributed by atoms with Crippen molar-refractivity contribution in [3.63, 3.8) is 0 Å². The Bertz CT molecular complexity index is 2560. The van der Waals surface area contributed by atoms with E-state index in [0.29, 0.717) is 42.6 Å². The highest BCUT2D eigenvalue weighted by atomic mass is 32.2. The summed E-state index contributed by atoms with van der Waals surface area (Å²) in [6.07, 6.45) is 12.5. The van der Waals surface area contributed by atoms with E-state index in [1.807, 2.05) is 12.1 Å². The van der Waals surface area contributed by atoms with Gasteiger partial charge in [-0.3, -0.25) is 9.35 Å². The SMILES string of the molecule is CCn1/c(=C\C=C2C(SCCOC=O)=C(/C=C/C3=[N+](CC)c4ccc(C)c5cccc3c45)C3CCC\2C3)c2cccc3c(S(=O)(=O)O)ccc1c32. The van der Waals surface area contributed by atoms with E-state index in [2.05, 4.69) is 84.5 Å². The molecule has 0 spiro atoms. The van der Waals surface area contributed by atoms with E-state index in [1.165, 1.54) is 55.4 Å². The molecule has 3 aliphatic rings. The Labute approximate surface area is 302 Å². The third kappa shape index (κ3) is 5.57. The number of carbonyl (C=O) groups excluding carboxylic acids is 1. The molecule has 2 unspecified atom stereocenters. The van der Waals surface area contributed by atoms with E-state index >= 15 is 0 Å². The van der Waals surface area contributed by atoms with Crippen LogP contribution in [0.1, 0.15) is 44.2 Å². The fraction of sp³-hybridized carbons (Fsp3) is 0.286. The van der Waals surface area contributed by atoms with Crippen molar-refractivity contribution in [2.24, 2.45) is 11.8 Å². The van der Waals surface area contributed by atoms with E-state index in [0.717, 1.165) is 47.4 Å². The van der Waals surface area contributed by atoms with Crippen LogP contribution in [0.3, 0.4) is 0 Å². The molecule has 0 saturated heterocycles. The Hall–Kier alpha value is -4.44. The summed E-state index contributed by atoms with van der Waals surface area (Å²) in [5, 5.41) is 5.93. The number of allylic oxidation sites excluding steroid dienone is 5. The summed E-state index contributed by atoms with van der Waals surface area (Å²) in [7, 11) is -4.39. The van der Waals surface area contributed by atoms with Crippen molar-refractivity contribution in [3.05, 3.63) is 111 Å². The number of rotatable bonds is 11. The summed E-state index contributed by atoms with van der Waals surface area (Å²) in [4.78, 5) is 12.2. The maximum absolute atomic E-state index is 12.3. The van der Waals surface area contributed by atoms with Crippen molar-refractivity contribution in [3.8, 4) is 0 Å². The zero-order chi connectivity index (χ0) is 35.4. The molecule has 1 N–H and O–H groups in total. The molecule has 2 heterocycles. The van der Waals surface area contributed by atoms with Gasteiger partial charge in [0.1, 0.15) is 18.0 Å². The Morgan fingerprint density at radius 1 is 0.941 bits per heavy atom. The van der Waals surface area contributed by atoms with Crippen molar-refractivity contribution in [1.82, 2.24) is 4.57 Å². The number of benzene rings is 4. The van der Waals surface area contributed by atoms with E-state index in [1.54, 1.807) is 23.9 Å². The highest BCUT2D eigenvalue weighted by Crippen LogP contribution is 2.52. The van der Waals surface area contributed by atoms with Gasteiger partial charge in [0.25, 0.3) is 16.6 Å². The van der Waals surface area contributed by atoms with E-state index in [4.69, 9.17) is 4.74 Å². The predicted molar refractivity (Wildman–Crippen MR) is 207 cm³/mol. The first-order valence-electron chi connectivity index (χ1n) is 17.8. The lowest BCUT2D eigenvalue weighted by molar-refractivity contribution is -0.430. The van der Waals surface area contributed by atoms with Gasteiger partial charge in [-0.05, 0) is 98.2 Å². The standard InChI is InChI=1S/C42H40N2O5S2/c1-4-43-35(32-9-6-8-29-26(3)12-17-37(43)40(29)32)18-15-30-27-13-14-28(24-27)31(42(30)50-23-22-49-25-45)16-19-36-33-10-7-11-34-39(51(46,47)48)21-20-38(41(33)34)44(36)5-2/h6-12,15-21,25,27-28H,4-5,13-14,22-24H2,1-3H3/p+1. The molecule has 260 valence electrons. The number of fused-ring (bicyclic) bond motifs is 2. The number of carbonyl (C=O) groups is 1. The molecule has 2 atom stereocenters. The highest BCUT2D eigenvalue weighted by molar-refractivity contribution is 8.03. The molecule has 9 heteroatoms. The van der Waals surface area contributed by atoms with Crippen LogP contribution >= 0.6 is 11.8 Å². The van der Waals surface area contributed by atoms with Gasteiger partial charge in [0, 0.05) is 56.4 Å². The van der Waals surface area contributed by atoms with E-state index in [-0.39, 0.29) is 4.90 Å². The number of ether oxygens (including phenoxy) is 1. The van der Waals surface area contributed by atoms with Crippen molar-refractivity contribution in [2.75, 3.05) is 18.9 Å². The molecular weight excluding hydrogens is 677 g/mol. The van der Waals surface area contributed by atoms with Crippen LogP contribution in [-0.2, 0) is 26.2 Å². The zero-order valence-corrected chi connectivity index (χ0v) is 30.7. The van der Waals surface area contributed by atoms with Crippen LogP contribution in [0.2, 0.25) is 0 Å². The Kier molecular flexibility index (Phi) is 8.77. The lowest BCUT2D eigenvalue weighted by Crippen LogP contribution is -2.16. The number of aromatic nitrogens is 1. The van der Waals surface area contributed by atoms with Crippen molar-refractivity contribution in [1.29, 1.82) is 0 Å². The van der Waals surface area contributed by atoms with Crippen LogP contribution in [0.15, 0.2) is 99.8 Å². The molecule has 2 aliphatic carbocycles. The maximum Gasteiger partial charge on any atom is 0.295 e. The number of nitrogens with zero attached hydrogens (tertiary/aromatic N) is 2. The number of hydrogen-bond acceptors (Lipinski definition) is 5. The van der Waals surface area contributed by atoms with Gasteiger partial charge in [0.15, 0.2) is 0 Å². The first-order valence-corrected chi connectivity index (χ1v) is 20.2. The molecule has 5 aromatic rings. The van der Waals surface area contributed by atoms with Gasteiger partial charge in [-0.25, -0.2) is 0 Å². The van der Waals surface area contributed by atoms with Gasteiger partial charge in [0.2, 0.25) is 11.4 Å². The molecule has 51 heavy (non-hydrogen) atoms. The molecule has 1 fully saturated rings. The molecule has 1 saturated carbocycles. The van der Waals surface area contributed by atoms with Gasteiger partial charge < -0.3 is 9.30 Å². The summed E-state index contributed by atoms with van der Waals surface area (Å²) < 4.78 is 44.3. The molecule has 1 aliphatic heterocycles. The monoisotopic (exact) mass is 717 g/mol. The van der Waals surface area contributed by atoms with Crippen LogP contribution in [0.5, 0.6) is 0 Å². The van der Waals surface area contributed by atoms with Gasteiger partial charge in [-0.1, -0.05) is 48.6 Å². The first-order chi connectivity index (χ1) is 24.7. The molecule has 0 radical (unpaired) electrons. The molecule has 1 aromatic heterocycles. The Balaban J connectivity index is 1.29. The summed E-state index contributed by atoms with van der Waals surface area (Å²) in [5.74, 6) is 1.54. The largest absolute Gasteiger partial charge is 0.467 e. The third-order valence-corrected chi connectivity index (χ3v) is 13.1. The van der Waals surface area contributed by atoms with E-state index in [9.17, 15) is 17.8 Å². The Morgan fingerprint density at radius 3 is 2.51 bits per heavy atom. The number of hydrogen-bond donors (Lipinski definition) is 1. The molecule has 0 amide bonds. The molecular formula is C42H41N2O5S2+. The lowest BCUT2D eigenvalue weighted by atomic mass is 9.84. The normalized spacial score (nSPS) is 20.1. The molecule has 2 bridgehead atoms. The second-order valence-corrected chi connectivity index (χ2v) is 16.1. The van der Waals surface area contributed by atoms with Crippen molar-refractivity contribution in [2.45, 2.75) is 51.5 Å². The third-order valence-electron chi connectivity index (χ3n) is 11.0. The minimum atomic E-state index is -4.39. The molecule has 7 nitrogen and oxygen atoms in total. The van der Waals surface area contributed by atoms with Gasteiger partial charge in [0.05, 0.1) is 10.9 Å². The highest BCUT2D eigenvalue weighted by Gasteiger charge is 2.38. The number of aryl methyl sites for hydroxylation is 2. The second kappa shape index (κ2) is 13.3. The minimum Gasteiger partial charge on any atom is -0.467 e. The molecule has 8 rings (SSSR count). The van der Waals surface area contributed by atoms with Crippen LogP contribution in [0.4, 0.5) is 5.69 Å². The topological polar surface area (TPSA) is 88.6 Å². The quantitative estimate of drug-likeness (QED) is 0.0641. The predicted octanol–water partition coefficient (Wildman–Crippen LogP) is 8.26.